The van der Waals surface area contributed by atoms with Crippen LogP contribution in [0.15, 0.2) is 59.5 Å². The Labute approximate surface area is 142 Å². The minimum absolute atomic E-state index is 0.0634. The second-order valence-electron chi connectivity index (χ2n) is 5.78. The summed E-state index contributed by atoms with van der Waals surface area (Å²) in [5.74, 6) is 1.09. The molecular formula is C17H18O5S2. The van der Waals surface area contributed by atoms with Gasteiger partial charge in [-0.3, -0.25) is 0 Å². The quantitative estimate of drug-likeness (QED) is 0.831. The van der Waals surface area contributed by atoms with Gasteiger partial charge in [0.2, 0.25) is 0 Å². The molecule has 2 aromatic rings. The van der Waals surface area contributed by atoms with Gasteiger partial charge in [-0.1, -0.05) is 18.2 Å². The fourth-order valence-electron chi connectivity index (χ4n) is 2.69. The summed E-state index contributed by atoms with van der Waals surface area (Å²) in [5, 5.41) is -0.637. The number of hydrogen-bond acceptors (Lipinski definition) is 5. The maximum Gasteiger partial charge on any atom is 0.181 e. The number of ether oxygens (including phenoxy) is 1. The van der Waals surface area contributed by atoms with E-state index >= 15 is 0 Å². The number of para-hydroxylation sites is 1. The molecule has 0 atom stereocenters. The highest BCUT2D eigenvalue weighted by Gasteiger charge is 2.33. The number of hydrogen-bond donors (Lipinski definition) is 0. The second-order valence-corrected chi connectivity index (χ2v) is 10.3. The molecule has 0 N–H and O–H groups in total. The topological polar surface area (TPSA) is 77.5 Å². The van der Waals surface area contributed by atoms with E-state index in [2.05, 4.69) is 0 Å². The first-order valence-corrected chi connectivity index (χ1v) is 11.0. The van der Waals surface area contributed by atoms with Gasteiger partial charge in [0.1, 0.15) is 21.3 Å². The first-order valence-electron chi connectivity index (χ1n) is 7.64. The van der Waals surface area contributed by atoms with Crippen LogP contribution in [-0.4, -0.2) is 33.6 Å². The smallest absolute Gasteiger partial charge is 0.181 e. The lowest BCUT2D eigenvalue weighted by atomic mass is 10.2. The van der Waals surface area contributed by atoms with E-state index in [9.17, 15) is 16.8 Å². The third-order valence-electron chi connectivity index (χ3n) is 4.07. The van der Waals surface area contributed by atoms with Crippen molar-refractivity contribution in [3.05, 3.63) is 54.6 Å². The van der Waals surface area contributed by atoms with E-state index in [0.717, 1.165) is 0 Å². The maximum absolute atomic E-state index is 12.6. The van der Waals surface area contributed by atoms with Gasteiger partial charge < -0.3 is 4.74 Å². The van der Waals surface area contributed by atoms with Gasteiger partial charge in [-0.25, -0.2) is 16.8 Å². The largest absolute Gasteiger partial charge is 0.457 e. The van der Waals surface area contributed by atoms with Gasteiger partial charge in [-0.05, 0) is 49.2 Å². The van der Waals surface area contributed by atoms with Crippen molar-refractivity contribution in [1.29, 1.82) is 0 Å². The molecule has 1 aliphatic heterocycles. The Morgan fingerprint density at radius 3 is 1.96 bits per heavy atom. The van der Waals surface area contributed by atoms with Gasteiger partial charge >= 0.3 is 0 Å². The second kappa shape index (κ2) is 6.57. The summed E-state index contributed by atoms with van der Waals surface area (Å²) in [6, 6.07) is 15.5. The first-order chi connectivity index (χ1) is 11.4. The van der Waals surface area contributed by atoms with Crippen LogP contribution >= 0.6 is 0 Å². The number of sulfone groups is 2. The maximum atomic E-state index is 12.6. The zero-order valence-electron chi connectivity index (χ0n) is 13.0. The molecule has 128 valence electrons. The average molecular weight is 366 g/mol. The van der Waals surface area contributed by atoms with Crippen LogP contribution < -0.4 is 4.74 Å². The van der Waals surface area contributed by atoms with Crippen molar-refractivity contribution in [2.75, 3.05) is 11.5 Å². The molecule has 0 radical (unpaired) electrons. The molecule has 1 fully saturated rings. The molecule has 1 saturated heterocycles. The predicted octanol–water partition coefficient (Wildman–Crippen LogP) is 2.83. The van der Waals surface area contributed by atoms with E-state index in [1.165, 1.54) is 12.1 Å². The van der Waals surface area contributed by atoms with E-state index < -0.39 is 24.9 Å². The van der Waals surface area contributed by atoms with Crippen molar-refractivity contribution < 1.29 is 21.6 Å². The third kappa shape index (κ3) is 3.79. The lowest BCUT2D eigenvalue weighted by Gasteiger charge is -2.22. The van der Waals surface area contributed by atoms with Crippen molar-refractivity contribution in [3.8, 4) is 11.5 Å². The molecule has 1 heterocycles. The summed E-state index contributed by atoms with van der Waals surface area (Å²) < 4.78 is 53.8. The predicted molar refractivity (Wildman–Crippen MR) is 91.8 cm³/mol. The SMILES string of the molecule is O=S1(=O)CCC(S(=O)(=O)c2ccc(Oc3ccccc3)cc2)CC1. The van der Waals surface area contributed by atoms with Gasteiger partial charge in [0.15, 0.2) is 9.84 Å². The monoisotopic (exact) mass is 366 g/mol. The van der Waals surface area contributed by atoms with Crippen LogP contribution in [-0.2, 0) is 19.7 Å². The lowest BCUT2D eigenvalue weighted by molar-refractivity contribution is 0.482. The molecular weight excluding hydrogens is 348 g/mol. The van der Waals surface area contributed by atoms with Crippen LogP contribution in [0.2, 0.25) is 0 Å². The molecule has 0 aromatic heterocycles. The van der Waals surface area contributed by atoms with Gasteiger partial charge in [-0.15, -0.1) is 0 Å². The van der Waals surface area contributed by atoms with Gasteiger partial charge in [0, 0.05) is 0 Å². The van der Waals surface area contributed by atoms with E-state index in [1.807, 2.05) is 30.3 Å². The summed E-state index contributed by atoms with van der Waals surface area (Å²) in [5.41, 5.74) is 0. The van der Waals surface area contributed by atoms with Crippen LogP contribution in [0.25, 0.3) is 0 Å². The van der Waals surface area contributed by atoms with E-state index in [1.54, 1.807) is 12.1 Å². The first kappa shape index (κ1) is 17.0. The average Bonchev–Trinajstić information content (AvgIpc) is 2.56. The lowest BCUT2D eigenvalue weighted by Crippen LogP contribution is -2.32. The van der Waals surface area contributed by atoms with Gasteiger partial charge in [-0.2, -0.15) is 0 Å². The fraction of sp³-hybridized carbons (Fsp3) is 0.294. The zero-order chi connectivity index (χ0) is 17.2. The summed E-state index contributed by atoms with van der Waals surface area (Å²) >= 11 is 0. The van der Waals surface area contributed by atoms with Crippen LogP contribution in [0, 0.1) is 0 Å². The van der Waals surface area contributed by atoms with Crippen molar-refractivity contribution in [2.24, 2.45) is 0 Å². The minimum Gasteiger partial charge on any atom is -0.457 e. The van der Waals surface area contributed by atoms with Crippen LogP contribution in [0.3, 0.4) is 0 Å². The van der Waals surface area contributed by atoms with E-state index in [4.69, 9.17) is 4.74 Å². The molecule has 2 aromatic carbocycles. The normalized spacial score (nSPS) is 18.2. The summed E-state index contributed by atoms with van der Waals surface area (Å²) in [6.45, 7) is 0. The van der Waals surface area contributed by atoms with E-state index in [-0.39, 0.29) is 29.2 Å². The van der Waals surface area contributed by atoms with Crippen molar-refractivity contribution in [3.63, 3.8) is 0 Å². The molecule has 0 saturated carbocycles. The Kier molecular flexibility index (Phi) is 4.64. The minimum atomic E-state index is -3.52. The summed E-state index contributed by atoms with van der Waals surface area (Å²) in [4.78, 5) is 0.201. The summed E-state index contributed by atoms with van der Waals surface area (Å²) in [6.07, 6.45) is 0.319. The molecule has 24 heavy (non-hydrogen) atoms. The van der Waals surface area contributed by atoms with Crippen LogP contribution in [0.5, 0.6) is 11.5 Å². The number of benzene rings is 2. The highest BCUT2D eigenvalue weighted by molar-refractivity contribution is 7.93. The molecule has 0 aliphatic carbocycles. The molecule has 0 amide bonds. The number of rotatable bonds is 4. The molecule has 0 spiro atoms. The molecule has 3 rings (SSSR count). The van der Waals surface area contributed by atoms with Crippen molar-refractivity contribution in [1.82, 2.24) is 0 Å². The van der Waals surface area contributed by atoms with Gasteiger partial charge in [0.25, 0.3) is 0 Å². The van der Waals surface area contributed by atoms with Crippen molar-refractivity contribution in [2.45, 2.75) is 23.0 Å². The molecule has 1 aliphatic rings. The van der Waals surface area contributed by atoms with Crippen LogP contribution in [0.4, 0.5) is 0 Å². The highest BCUT2D eigenvalue weighted by atomic mass is 32.2. The Bertz CT molecular complexity index is 887. The Balaban J connectivity index is 1.75. The molecule has 0 unspecified atom stereocenters. The molecule has 5 nitrogen and oxygen atoms in total. The molecule has 7 heteroatoms. The fourth-order valence-corrected chi connectivity index (χ4v) is 6.24. The Hall–Kier alpha value is -1.86. The Morgan fingerprint density at radius 2 is 1.38 bits per heavy atom. The summed E-state index contributed by atoms with van der Waals surface area (Å²) in [7, 11) is -6.61. The third-order valence-corrected chi connectivity index (χ3v) is 8.07. The molecule has 0 bridgehead atoms. The van der Waals surface area contributed by atoms with Crippen molar-refractivity contribution >= 4 is 19.7 Å². The van der Waals surface area contributed by atoms with Gasteiger partial charge in [0.05, 0.1) is 21.7 Å². The van der Waals surface area contributed by atoms with E-state index in [0.29, 0.717) is 11.5 Å². The Morgan fingerprint density at radius 1 is 0.833 bits per heavy atom. The van der Waals surface area contributed by atoms with Crippen LogP contribution in [0.1, 0.15) is 12.8 Å². The standard InChI is InChI=1S/C17H18O5S2/c18-23(19)12-10-17(11-13-23)24(20,21)16-8-6-15(7-9-16)22-14-4-2-1-3-5-14/h1-9,17H,10-13H2. The zero-order valence-corrected chi connectivity index (χ0v) is 14.6. The highest BCUT2D eigenvalue weighted by Crippen LogP contribution is 2.28.